The average molecular weight is 155 g/mol. The van der Waals surface area contributed by atoms with Crippen molar-refractivity contribution in [3.05, 3.63) is 0 Å². The number of aliphatic hydroxyl groups excluding tert-OH is 1. The Kier molecular flexibility index (Phi) is 1.87. The number of hydrogen-bond acceptors (Lipinski definition) is 2. The van der Waals surface area contributed by atoms with E-state index in [4.69, 9.17) is 5.11 Å². The van der Waals surface area contributed by atoms with Crippen LogP contribution in [0.1, 0.15) is 0 Å². The number of aliphatic hydroxyl groups is 1. The Morgan fingerprint density at radius 3 is 2.10 bits per heavy atom. The van der Waals surface area contributed by atoms with Crippen LogP contribution in [-0.4, -0.2) is 30.5 Å². The van der Waals surface area contributed by atoms with Crippen molar-refractivity contribution in [2.45, 2.75) is 12.3 Å². The molecule has 1 heterocycles. The Bertz CT molecular complexity index is 125. The monoisotopic (exact) mass is 155 g/mol. The largest absolute Gasteiger partial charge is 0.395 e. The van der Waals surface area contributed by atoms with Gasteiger partial charge in [0.25, 0.3) is 0 Å². The summed E-state index contributed by atoms with van der Waals surface area (Å²) in [5, 5.41) is 11.2. The first-order chi connectivity index (χ1) is 4.52. The lowest BCUT2D eigenvalue weighted by Crippen LogP contribution is -2.32. The van der Waals surface area contributed by atoms with Gasteiger partial charge in [0.1, 0.15) is 0 Å². The highest BCUT2D eigenvalue weighted by atomic mass is 19.4. The molecule has 1 aliphatic rings. The third kappa shape index (κ3) is 1.41. The first-order valence-corrected chi connectivity index (χ1v) is 2.97. The molecule has 0 radical (unpaired) electrons. The molecule has 1 fully saturated rings. The molecule has 1 saturated heterocycles. The standard InChI is InChI=1S/C5H8F3NO/c6-5(7,8)3-1-9-2-4(3)10/h3-4,9-10H,1-2H2/t3-,4-/m1/s1. The summed E-state index contributed by atoms with van der Waals surface area (Å²) in [5.41, 5.74) is 0. The topological polar surface area (TPSA) is 32.3 Å². The van der Waals surface area contributed by atoms with E-state index >= 15 is 0 Å². The van der Waals surface area contributed by atoms with E-state index in [1.807, 2.05) is 0 Å². The van der Waals surface area contributed by atoms with Crippen molar-refractivity contribution < 1.29 is 18.3 Å². The predicted molar refractivity (Wildman–Crippen MR) is 28.4 cm³/mol. The van der Waals surface area contributed by atoms with Crippen molar-refractivity contribution in [3.63, 3.8) is 0 Å². The molecule has 10 heavy (non-hydrogen) atoms. The summed E-state index contributed by atoms with van der Waals surface area (Å²) in [7, 11) is 0. The zero-order valence-electron chi connectivity index (χ0n) is 5.15. The van der Waals surface area contributed by atoms with Crippen LogP contribution in [0.25, 0.3) is 0 Å². The van der Waals surface area contributed by atoms with Crippen LogP contribution in [0.2, 0.25) is 0 Å². The zero-order chi connectivity index (χ0) is 7.78. The molecule has 0 saturated carbocycles. The fraction of sp³-hybridized carbons (Fsp3) is 1.00. The van der Waals surface area contributed by atoms with Gasteiger partial charge in [0, 0.05) is 13.1 Å². The molecular formula is C5H8F3NO. The summed E-state index contributed by atoms with van der Waals surface area (Å²) in [4.78, 5) is 0. The van der Waals surface area contributed by atoms with E-state index in [9.17, 15) is 13.2 Å². The molecule has 0 unspecified atom stereocenters. The maximum absolute atomic E-state index is 11.8. The van der Waals surface area contributed by atoms with Crippen molar-refractivity contribution >= 4 is 0 Å². The first kappa shape index (κ1) is 7.81. The Hall–Kier alpha value is -0.290. The summed E-state index contributed by atoms with van der Waals surface area (Å²) in [6.45, 7) is -0.116. The van der Waals surface area contributed by atoms with E-state index in [-0.39, 0.29) is 13.1 Å². The molecule has 0 amide bonds. The highest BCUT2D eigenvalue weighted by Gasteiger charge is 2.46. The number of halogens is 3. The highest BCUT2D eigenvalue weighted by molar-refractivity contribution is 4.85. The summed E-state index contributed by atoms with van der Waals surface area (Å²) in [5.74, 6) is -1.58. The van der Waals surface area contributed by atoms with Crippen molar-refractivity contribution in [1.82, 2.24) is 5.32 Å². The maximum atomic E-state index is 11.8. The van der Waals surface area contributed by atoms with Gasteiger partial charge in [0.05, 0.1) is 12.0 Å². The van der Waals surface area contributed by atoms with Crippen LogP contribution in [0.15, 0.2) is 0 Å². The van der Waals surface area contributed by atoms with Crippen molar-refractivity contribution in [2.75, 3.05) is 13.1 Å². The lowest BCUT2D eigenvalue weighted by Gasteiger charge is -2.16. The van der Waals surface area contributed by atoms with Crippen LogP contribution in [0, 0.1) is 5.92 Å². The van der Waals surface area contributed by atoms with Crippen LogP contribution >= 0.6 is 0 Å². The van der Waals surface area contributed by atoms with Gasteiger partial charge in [-0.25, -0.2) is 0 Å². The smallest absolute Gasteiger partial charge is 0.391 e. The molecule has 1 aliphatic heterocycles. The summed E-state index contributed by atoms with van der Waals surface area (Å²) >= 11 is 0. The van der Waals surface area contributed by atoms with Gasteiger partial charge in [-0.15, -0.1) is 0 Å². The van der Waals surface area contributed by atoms with Gasteiger partial charge >= 0.3 is 6.18 Å². The third-order valence-electron chi connectivity index (χ3n) is 1.60. The van der Waals surface area contributed by atoms with Gasteiger partial charge in [-0.3, -0.25) is 0 Å². The normalized spacial score (nSPS) is 34.8. The molecule has 5 heteroatoms. The lowest BCUT2D eigenvalue weighted by atomic mass is 10.1. The Morgan fingerprint density at radius 2 is 1.90 bits per heavy atom. The minimum absolute atomic E-state index is 0.0458. The van der Waals surface area contributed by atoms with Crippen molar-refractivity contribution in [2.24, 2.45) is 5.92 Å². The molecule has 0 aromatic carbocycles. The molecule has 2 N–H and O–H groups in total. The molecule has 2 atom stereocenters. The fourth-order valence-corrected chi connectivity index (χ4v) is 0.999. The van der Waals surface area contributed by atoms with Crippen LogP contribution in [0.4, 0.5) is 13.2 Å². The molecule has 60 valence electrons. The van der Waals surface area contributed by atoms with E-state index < -0.39 is 18.2 Å². The van der Waals surface area contributed by atoms with E-state index in [2.05, 4.69) is 5.32 Å². The number of nitrogens with one attached hydrogen (secondary N) is 1. The van der Waals surface area contributed by atoms with E-state index in [0.717, 1.165) is 0 Å². The third-order valence-corrected chi connectivity index (χ3v) is 1.60. The molecule has 0 spiro atoms. The number of alkyl halides is 3. The van der Waals surface area contributed by atoms with Crippen LogP contribution < -0.4 is 5.32 Å². The Labute approximate surface area is 56.0 Å². The first-order valence-electron chi connectivity index (χ1n) is 2.97. The molecule has 0 aromatic rings. The van der Waals surface area contributed by atoms with Gasteiger partial charge < -0.3 is 10.4 Å². The second-order valence-corrected chi connectivity index (χ2v) is 2.37. The van der Waals surface area contributed by atoms with Crippen molar-refractivity contribution in [1.29, 1.82) is 0 Å². The van der Waals surface area contributed by atoms with Crippen molar-refractivity contribution in [3.8, 4) is 0 Å². The number of β-amino-alcohol motifs (C(OH)–C–C–N with tert-alkyl or cyclic N) is 1. The SMILES string of the molecule is O[C@@H]1CNC[C@H]1C(F)(F)F. The second-order valence-electron chi connectivity index (χ2n) is 2.37. The minimum atomic E-state index is -4.26. The zero-order valence-corrected chi connectivity index (χ0v) is 5.15. The Balaban J connectivity index is 2.55. The van der Waals surface area contributed by atoms with Crippen LogP contribution in [0.3, 0.4) is 0 Å². The second kappa shape index (κ2) is 2.39. The van der Waals surface area contributed by atoms with Gasteiger partial charge in [-0.05, 0) is 0 Å². The van der Waals surface area contributed by atoms with Gasteiger partial charge in [-0.2, -0.15) is 13.2 Å². The van der Waals surface area contributed by atoms with Crippen LogP contribution in [0.5, 0.6) is 0 Å². The summed E-state index contributed by atoms with van der Waals surface area (Å²) in [6.07, 6.45) is -5.52. The van der Waals surface area contributed by atoms with E-state index in [0.29, 0.717) is 0 Å². The quantitative estimate of drug-likeness (QED) is 0.521. The van der Waals surface area contributed by atoms with Gasteiger partial charge in [-0.1, -0.05) is 0 Å². The van der Waals surface area contributed by atoms with Crippen LogP contribution in [-0.2, 0) is 0 Å². The average Bonchev–Trinajstić information content (AvgIpc) is 2.11. The molecule has 1 rings (SSSR count). The van der Waals surface area contributed by atoms with E-state index in [1.165, 1.54) is 0 Å². The summed E-state index contributed by atoms with van der Waals surface area (Å²) in [6, 6.07) is 0. The highest BCUT2D eigenvalue weighted by Crippen LogP contribution is 2.30. The molecule has 0 aliphatic carbocycles. The lowest BCUT2D eigenvalue weighted by molar-refractivity contribution is -0.187. The molecule has 0 bridgehead atoms. The number of rotatable bonds is 0. The molecular weight excluding hydrogens is 147 g/mol. The molecule has 0 aromatic heterocycles. The summed E-state index contributed by atoms with van der Waals surface area (Å²) < 4.78 is 35.4. The van der Waals surface area contributed by atoms with Gasteiger partial charge in [0.2, 0.25) is 0 Å². The Morgan fingerprint density at radius 1 is 1.30 bits per heavy atom. The fourth-order valence-electron chi connectivity index (χ4n) is 0.999. The van der Waals surface area contributed by atoms with Gasteiger partial charge in [0.15, 0.2) is 0 Å². The molecule has 2 nitrogen and oxygen atoms in total. The minimum Gasteiger partial charge on any atom is -0.391 e. The van der Waals surface area contributed by atoms with E-state index in [1.54, 1.807) is 0 Å². The number of hydrogen-bond donors (Lipinski definition) is 2. The maximum Gasteiger partial charge on any atom is 0.395 e. The predicted octanol–water partition coefficient (Wildman–Crippen LogP) is 0.129.